The summed E-state index contributed by atoms with van der Waals surface area (Å²) >= 11 is 0. The molecule has 0 aliphatic rings. The van der Waals surface area contributed by atoms with Crippen LogP contribution in [0.3, 0.4) is 0 Å². The lowest BCUT2D eigenvalue weighted by Crippen LogP contribution is -2.48. The van der Waals surface area contributed by atoms with Gasteiger partial charge in [-0.3, -0.25) is 4.79 Å². The first-order valence-corrected chi connectivity index (χ1v) is 7.38. The summed E-state index contributed by atoms with van der Waals surface area (Å²) in [5.74, 6) is -0.473. The van der Waals surface area contributed by atoms with E-state index in [0.29, 0.717) is 5.56 Å². The highest BCUT2D eigenvalue weighted by Gasteiger charge is 2.30. The number of alkyl carbamates (subject to hydrolysis) is 1. The number of rotatable bonds is 4. The summed E-state index contributed by atoms with van der Waals surface area (Å²) in [7, 11) is 0. The summed E-state index contributed by atoms with van der Waals surface area (Å²) in [6.07, 6.45) is -0.663. The van der Waals surface area contributed by atoms with Crippen LogP contribution in [0.15, 0.2) is 24.3 Å². The maximum absolute atomic E-state index is 12.7. The Hall–Kier alpha value is -1.91. The molecule has 22 heavy (non-hydrogen) atoms. The summed E-state index contributed by atoms with van der Waals surface area (Å²) in [6, 6.07) is 5.06. The Kier molecular flexibility index (Phi) is 8.38. The molecule has 0 spiro atoms. The average molecular weight is 311 g/mol. The highest BCUT2D eigenvalue weighted by Crippen LogP contribution is 2.20. The smallest absolute Gasteiger partial charge is 0.408 e. The Morgan fingerprint density at radius 3 is 2.09 bits per heavy atom. The molecule has 0 heterocycles. The lowest BCUT2D eigenvalue weighted by molar-refractivity contribution is -0.121. The number of hydrogen-bond donors (Lipinski definition) is 1. The molecule has 0 aromatic heterocycles. The van der Waals surface area contributed by atoms with Crippen LogP contribution in [0.1, 0.15) is 47.1 Å². The van der Waals surface area contributed by atoms with Gasteiger partial charge in [0.25, 0.3) is 0 Å². The van der Waals surface area contributed by atoms with Crippen molar-refractivity contribution in [2.24, 2.45) is 5.41 Å². The summed E-state index contributed by atoms with van der Waals surface area (Å²) in [5, 5.41) is 2.55. The second-order valence-corrected chi connectivity index (χ2v) is 5.76. The van der Waals surface area contributed by atoms with Crippen molar-refractivity contribution in [1.82, 2.24) is 5.32 Å². The lowest BCUT2D eigenvalue weighted by Gasteiger charge is -2.28. The Bertz CT molecular complexity index is 478. The molecule has 1 aromatic rings. The number of carbonyl (C=O) groups excluding carboxylic acids is 2. The molecule has 0 radical (unpaired) electrons. The Morgan fingerprint density at radius 1 is 1.18 bits per heavy atom. The highest BCUT2D eigenvalue weighted by atomic mass is 19.1. The molecule has 0 aliphatic heterocycles. The van der Waals surface area contributed by atoms with Crippen LogP contribution in [-0.2, 0) is 16.1 Å². The lowest BCUT2D eigenvalue weighted by atomic mass is 9.85. The van der Waals surface area contributed by atoms with E-state index in [1.807, 2.05) is 34.6 Å². The van der Waals surface area contributed by atoms with Gasteiger partial charge in [-0.25, -0.2) is 9.18 Å². The van der Waals surface area contributed by atoms with Crippen molar-refractivity contribution in [2.45, 2.75) is 54.2 Å². The summed E-state index contributed by atoms with van der Waals surface area (Å²) in [6.45, 7) is 11.0. The minimum atomic E-state index is -0.663. The van der Waals surface area contributed by atoms with Gasteiger partial charge in [0.15, 0.2) is 5.78 Å². The van der Waals surface area contributed by atoms with Crippen LogP contribution in [-0.4, -0.2) is 17.9 Å². The van der Waals surface area contributed by atoms with Crippen LogP contribution in [0.4, 0.5) is 9.18 Å². The molecule has 4 nitrogen and oxygen atoms in total. The molecule has 1 aromatic carbocycles. The van der Waals surface area contributed by atoms with E-state index < -0.39 is 12.1 Å². The fraction of sp³-hybridized carbons (Fsp3) is 0.529. The van der Waals surface area contributed by atoms with Crippen LogP contribution >= 0.6 is 0 Å². The molecule has 0 saturated heterocycles. The fourth-order valence-electron chi connectivity index (χ4n) is 1.82. The fourth-order valence-corrected chi connectivity index (χ4v) is 1.82. The predicted octanol–water partition coefficient (Wildman–Crippen LogP) is 4.08. The molecule has 1 rings (SSSR count). The average Bonchev–Trinajstić information content (AvgIpc) is 2.45. The third-order valence-electron chi connectivity index (χ3n) is 2.82. The zero-order valence-electron chi connectivity index (χ0n) is 14.2. The van der Waals surface area contributed by atoms with E-state index in [9.17, 15) is 14.0 Å². The molecular formula is C17H26FNO3. The first-order chi connectivity index (χ1) is 10.2. The summed E-state index contributed by atoms with van der Waals surface area (Å²) in [4.78, 5) is 23.2. The molecule has 1 amide bonds. The number of ether oxygens (including phenoxy) is 1. The van der Waals surface area contributed by atoms with Crippen LogP contribution in [0.2, 0.25) is 0 Å². The minimum Gasteiger partial charge on any atom is -0.445 e. The maximum Gasteiger partial charge on any atom is 0.408 e. The zero-order chi connectivity index (χ0) is 17.3. The van der Waals surface area contributed by atoms with E-state index in [0.717, 1.165) is 0 Å². The maximum atomic E-state index is 12.7. The van der Waals surface area contributed by atoms with Crippen LogP contribution in [0.25, 0.3) is 0 Å². The van der Waals surface area contributed by atoms with Gasteiger partial charge < -0.3 is 10.1 Å². The van der Waals surface area contributed by atoms with Gasteiger partial charge in [-0.15, -0.1) is 0 Å². The zero-order valence-corrected chi connectivity index (χ0v) is 14.2. The van der Waals surface area contributed by atoms with Crippen LogP contribution in [0, 0.1) is 11.2 Å². The highest BCUT2D eigenvalue weighted by molar-refractivity contribution is 5.86. The first kappa shape index (κ1) is 20.1. The van der Waals surface area contributed by atoms with Gasteiger partial charge in [0.05, 0.1) is 6.04 Å². The number of benzene rings is 1. The molecule has 0 saturated carbocycles. The SMILES string of the molecule is CC.CC(=O)C(NC(=O)OCc1ccc(F)cc1)C(C)(C)C. The third-order valence-corrected chi connectivity index (χ3v) is 2.82. The molecule has 0 bridgehead atoms. The van der Waals surface area contributed by atoms with Gasteiger partial charge >= 0.3 is 6.09 Å². The van der Waals surface area contributed by atoms with E-state index in [1.165, 1.54) is 31.2 Å². The number of carbonyl (C=O) groups is 2. The van der Waals surface area contributed by atoms with Crippen molar-refractivity contribution >= 4 is 11.9 Å². The second-order valence-electron chi connectivity index (χ2n) is 5.76. The number of Topliss-reactive ketones (excluding diaryl/α,β-unsaturated/α-hetero) is 1. The predicted molar refractivity (Wildman–Crippen MR) is 85.0 cm³/mol. The van der Waals surface area contributed by atoms with E-state index >= 15 is 0 Å². The van der Waals surface area contributed by atoms with E-state index in [4.69, 9.17) is 4.74 Å². The summed E-state index contributed by atoms with van der Waals surface area (Å²) in [5.41, 5.74) is 0.289. The number of nitrogens with one attached hydrogen (secondary N) is 1. The number of hydrogen-bond acceptors (Lipinski definition) is 3. The molecule has 0 fully saturated rings. The Balaban J connectivity index is 0.00000211. The molecule has 1 unspecified atom stereocenters. The molecule has 0 aliphatic carbocycles. The van der Waals surface area contributed by atoms with Gasteiger partial charge in [-0.2, -0.15) is 0 Å². The number of amides is 1. The van der Waals surface area contributed by atoms with Crippen LogP contribution in [0.5, 0.6) is 0 Å². The summed E-state index contributed by atoms with van der Waals surface area (Å²) < 4.78 is 17.7. The third kappa shape index (κ3) is 7.20. The van der Waals surface area contributed by atoms with Gasteiger partial charge in [0.2, 0.25) is 0 Å². The van der Waals surface area contributed by atoms with Crippen molar-refractivity contribution in [3.63, 3.8) is 0 Å². The van der Waals surface area contributed by atoms with Crippen LogP contribution < -0.4 is 5.32 Å². The first-order valence-electron chi connectivity index (χ1n) is 7.38. The van der Waals surface area contributed by atoms with E-state index in [2.05, 4.69) is 5.32 Å². The van der Waals surface area contributed by atoms with Gasteiger partial charge in [-0.1, -0.05) is 46.8 Å². The quantitative estimate of drug-likeness (QED) is 0.911. The van der Waals surface area contributed by atoms with Crippen molar-refractivity contribution in [2.75, 3.05) is 0 Å². The molecule has 124 valence electrons. The normalized spacial score (nSPS) is 11.8. The van der Waals surface area contributed by atoms with E-state index in [1.54, 1.807) is 0 Å². The molecular weight excluding hydrogens is 285 g/mol. The van der Waals surface area contributed by atoms with Crippen molar-refractivity contribution in [3.8, 4) is 0 Å². The standard InChI is InChI=1S/C15H20FNO3.C2H6/c1-10(18)13(15(2,3)4)17-14(19)20-9-11-5-7-12(16)8-6-11;1-2/h5-8,13H,9H2,1-4H3,(H,17,19);1-2H3. The monoisotopic (exact) mass is 311 g/mol. The minimum absolute atomic E-state index is 0.0287. The topological polar surface area (TPSA) is 55.4 Å². The molecule has 1 atom stereocenters. The van der Waals surface area contributed by atoms with Gasteiger partial charge in [0, 0.05) is 0 Å². The second kappa shape index (κ2) is 9.18. The van der Waals surface area contributed by atoms with E-state index in [-0.39, 0.29) is 23.6 Å². The Morgan fingerprint density at radius 2 is 1.68 bits per heavy atom. The van der Waals surface area contributed by atoms with Crippen molar-refractivity contribution in [1.29, 1.82) is 0 Å². The van der Waals surface area contributed by atoms with Crippen molar-refractivity contribution < 1.29 is 18.7 Å². The molecule has 5 heteroatoms. The Labute approximate surface area is 132 Å². The number of ketones is 1. The van der Waals surface area contributed by atoms with Crippen molar-refractivity contribution in [3.05, 3.63) is 35.6 Å². The number of halogens is 1. The van der Waals surface area contributed by atoms with Gasteiger partial charge in [0.1, 0.15) is 12.4 Å². The van der Waals surface area contributed by atoms with Gasteiger partial charge in [-0.05, 0) is 30.0 Å². The largest absolute Gasteiger partial charge is 0.445 e. The molecule has 1 N–H and O–H groups in total.